The van der Waals surface area contributed by atoms with Crippen LogP contribution in [0.1, 0.15) is 5.82 Å². The first-order valence-corrected chi connectivity index (χ1v) is 8.15. The monoisotopic (exact) mass is 325 g/mol. The van der Waals surface area contributed by atoms with Crippen molar-refractivity contribution in [2.24, 2.45) is 0 Å². The molecule has 2 aromatic rings. The highest BCUT2D eigenvalue weighted by atomic mass is 16.5. The predicted octanol–water partition coefficient (Wildman–Crippen LogP) is 2.96. The van der Waals surface area contributed by atoms with Crippen molar-refractivity contribution in [1.82, 2.24) is 9.97 Å². The Bertz CT molecular complexity index is 698. The Morgan fingerprint density at radius 3 is 2.75 bits per heavy atom. The van der Waals surface area contributed by atoms with E-state index in [9.17, 15) is 0 Å². The number of aryl methyl sites for hydroxylation is 1. The third-order valence-corrected chi connectivity index (χ3v) is 3.78. The molecule has 0 aliphatic carbocycles. The van der Waals surface area contributed by atoms with Crippen LogP contribution in [0.5, 0.6) is 0 Å². The Balaban J connectivity index is 1.83. The smallest absolute Gasteiger partial charge is 0.136 e. The molecule has 0 radical (unpaired) electrons. The predicted molar refractivity (Wildman–Crippen MR) is 98.2 cm³/mol. The lowest BCUT2D eigenvalue weighted by molar-refractivity contribution is 0.123. The van der Waals surface area contributed by atoms with Crippen LogP contribution in [-0.2, 0) is 4.74 Å². The van der Waals surface area contributed by atoms with Gasteiger partial charge in [-0.3, -0.25) is 0 Å². The van der Waals surface area contributed by atoms with Crippen LogP contribution >= 0.6 is 0 Å². The van der Waals surface area contributed by atoms with Crippen LogP contribution in [0.4, 0.5) is 23.0 Å². The first-order chi connectivity index (χ1) is 11.8. The second-order valence-electron chi connectivity index (χ2n) is 5.60. The van der Waals surface area contributed by atoms with Gasteiger partial charge in [-0.25, -0.2) is 9.97 Å². The molecule has 0 unspecified atom stereocenters. The fraction of sp³-hybridized carbons (Fsp3) is 0.333. The van der Waals surface area contributed by atoms with Crippen molar-refractivity contribution in [1.29, 1.82) is 0 Å². The molecule has 0 atom stereocenters. The average Bonchev–Trinajstić information content (AvgIpc) is 2.61. The van der Waals surface area contributed by atoms with Gasteiger partial charge in [0.1, 0.15) is 17.5 Å². The molecule has 1 aromatic carbocycles. The lowest BCUT2D eigenvalue weighted by Gasteiger charge is -2.30. The van der Waals surface area contributed by atoms with Crippen molar-refractivity contribution in [2.75, 3.05) is 48.4 Å². The van der Waals surface area contributed by atoms with Crippen molar-refractivity contribution in [3.05, 3.63) is 48.8 Å². The number of nitrogens with zero attached hydrogens (tertiary/aromatic N) is 3. The fourth-order valence-corrected chi connectivity index (χ4v) is 2.70. The van der Waals surface area contributed by atoms with Gasteiger partial charge in [0, 0.05) is 25.7 Å². The summed E-state index contributed by atoms with van der Waals surface area (Å²) >= 11 is 0. The highest BCUT2D eigenvalue weighted by Gasteiger charge is 2.15. The van der Waals surface area contributed by atoms with Crippen LogP contribution in [0.15, 0.2) is 43.0 Å². The largest absolute Gasteiger partial charge is 0.378 e. The van der Waals surface area contributed by atoms with E-state index < -0.39 is 0 Å². The first kappa shape index (κ1) is 16.3. The summed E-state index contributed by atoms with van der Waals surface area (Å²) in [6.45, 7) is 9.58. The summed E-state index contributed by atoms with van der Waals surface area (Å²) in [5.74, 6) is 2.28. The van der Waals surface area contributed by atoms with Crippen LogP contribution in [0.25, 0.3) is 0 Å². The summed E-state index contributed by atoms with van der Waals surface area (Å²) < 4.78 is 5.45. The van der Waals surface area contributed by atoms with Crippen LogP contribution in [-0.4, -0.2) is 42.8 Å². The van der Waals surface area contributed by atoms with E-state index in [-0.39, 0.29) is 0 Å². The first-order valence-electron chi connectivity index (χ1n) is 8.15. The zero-order chi connectivity index (χ0) is 16.8. The Morgan fingerprint density at radius 1 is 1.21 bits per heavy atom. The van der Waals surface area contributed by atoms with Gasteiger partial charge in [0.2, 0.25) is 0 Å². The highest BCUT2D eigenvalue weighted by molar-refractivity contribution is 5.75. The van der Waals surface area contributed by atoms with Gasteiger partial charge in [-0.15, -0.1) is 6.58 Å². The Labute approximate surface area is 142 Å². The molecule has 3 rings (SSSR count). The molecule has 0 amide bonds. The maximum Gasteiger partial charge on any atom is 0.136 e. The number of nitrogens with one attached hydrogen (secondary N) is 2. The van der Waals surface area contributed by atoms with E-state index in [2.05, 4.69) is 50.3 Å². The van der Waals surface area contributed by atoms with Crippen LogP contribution in [0.2, 0.25) is 0 Å². The number of hydrogen-bond acceptors (Lipinski definition) is 6. The third kappa shape index (κ3) is 4.02. The van der Waals surface area contributed by atoms with Gasteiger partial charge in [-0.2, -0.15) is 0 Å². The third-order valence-electron chi connectivity index (χ3n) is 3.78. The van der Waals surface area contributed by atoms with Gasteiger partial charge in [0.25, 0.3) is 0 Å². The van der Waals surface area contributed by atoms with Crippen LogP contribution in [0, 0.1) is 6.92 Å². The molecule has 6 heteroatoms. The summed E-state index contributed by atoms with van der Waals surface area (Å²) in [7, 11) is 0. The van der Waals surface area contributed by atoms with E-state index >= 15 is 0 Å². The average molecular weight is 325 g/mol. The van der Waals surface area contributed by atoms with Crippen LogP contribution in [0.3, 0.4) is 0 Å². The summed E-state index contributed by atoms with van der Waals surface area (Å²) in [4.78, 5) is 11.2. The molecule has 0 saturated carbocycles. The Hall–Kier alpha value is -2.60. The zero-order valence-corrected chi connectivity index (χ0v) is 14.0. The minimum absolute atomic E-state index is 0.667. The molecule has 1 aliphatic heterocycles. The minimum atomic E-state index is 0.667. The van der Waals surface area contributed by atoms with Gasteiger partial charge in [-0.1, -0.05) is 18.2 Å². The molecule has 2 N–H and O–H groups in total. The van der Waals surface area contributed by atoms with Crippen molar-refractivity contribution < 1.29 is 4.74 Å². The van der Waals surface area contributed by atoms with Crippen molar-refractivity contribution in [3.63, 3.8) is 0 Å². The molecule has 1 fully saturated rings. The van der Waals surface area contributed by atoms with Crippen molar-refractivity contribution in [3.8, 4) is 0 Å². The highest BCUT2D eigenvalue weighted by Crippen LogP contribution is 2.29. The lowest BCUT2D eigenvalue weighted by Crippen LogP contribution is -2.36. The van der Waals surface area contributed by atoms with E-state index in [0.717, 1.165) is 55.1 Å². The summed E-state index contributed by atoms with van der Waals surface area (Å²) in [6, 6.07) is 10.2. The Morgan fingerprint density at radius 2 is 1.96 bits per heavy atom. The second kappa shape index (κ2) is 7.79. The quantitative estimate of drug-likeness (QED) is 0.796. The summed E-state index contributed by atoms with van der Waals surface area (Å²) in [5, 5.41) is 6.63. The number of morpholine rings is 1. The molecule has 2 heterocycles. The van der Waals surface area contributed by atoms with Crippen molar-refractivity contribution in [2.45, 2.75) is 6.92 Å². The summed E-state index contributed by atoms with van der Waals surface area (Å²) in [5.41, 5.74) is 2.20. The molecule has 1 aliphatic rings. The fourth-order valence-electron chi connectivity index (χ4n) is 2.70. The molecular weight excluding hydrogens is 302 g/mol. The zero-order valence-electron chi connectivity index (χ0n) is 14.0. The number of rotatable bonds is 6. The Kier molecular flexibility index (Phi) is 5.28. The van der Waals surface area contributed by atoms with Gasteiger partial charge in [-0.05, 0) is 19.1 Å². The maximum atomic E-state index is 5.45. The van der Waals surface area contributed by atoms with Gasteiger partial charge >= 0.3 is 0 Å². The molecule has 1 aromatic heterocycles. The van der Waals surface area contributed by atoms with E-state index in [4.69, 9.17) is 4.74 Å². The van der Waals surface area contributed by atoms with Gasteiger partial charge in [0.15, 0.2) is 0 Å². The lowest BCUT2D eigenvalue weighted by atomic mass is 10.2. The number of ether oxygens (including phenoxy) is 1. The molecule has 0 bridgehead atoms. The number of hydrogen-bond donors (Lipinski definition) is 2. The minimum Gasteiger partial charge on any atom is -0.378 e. The van der Waals surface area contributed by atoms with Gasteiger partial charge < -0.3 is 20.3 Å². The number of para-hydroxylation sites is 2. The number of aromatic nitrogens is 2. The molecule has 24 heavy (non-hydrogen) atoms. The normalized spacial score (nSPS) is 14.3. The van der Waals surface area contributed by atoms with Gasteiger partial charge in [0.05, 0.1) is 24.6 Å². The van der Waals surface area contributed by atoms with E-state index in [1.54, 1.807) is 6.08 Å². The molecule has 6 nitrogen and oxygen atoms in total. The van der Waals surface area contributed by atoms with Crippen LogP contribution < -0.4 is 15.5 Å². The number of benzene rings is 1. The van der Waals surface area contributed by atoms with E-state index in [1.165, 1.54) is 0 Å². The standard InChI is InChI=1S/C18H23N5O/c1-3-8-19-17-13-18(21-14(2)20-17)22-15-6-4-5-7-16(15)23-9-11-24-12-10-23/h3-7,13H,1,8-12H2,2H3,(H2,19,20,21,22). The summed E-state index contributed by atoms with van der Waals surface area (Å²) in [6.07, 6.45) is 1.80. The second-order valence-corrected chi connectivity index (χ2v) is 5.60. The van der Waals surface area contributed by atoms with E-state index in [0.29, 0.717) is 6.54 Å². The SMILES string of the molecule is C=CCNc1cc(Nc2ccccc2N2CCOCC2)nc(C)n1. The topological polar surface area (TPSA) is 62.3 Å². The molecule has 0 spiro atoms. The van der Waals surface area contributed by atoms with Crippen molar-refractivity contribution >= 4 is 23.0 Å². The molecule has 126 valence electrons. The molecular formula is C18H23N5O. The maximum absolute atomic E-state index is 5.45. The number of anilines is 4. The molecule has 1 saturated heterocycles. The van der Waals surface area contributed by atoms with E-state index in [1.807, 2.05) is 19.1 Å².